The number of benzene rings is 1. The van der Waals surface area contributed by atoms with Crippen LogP contribution in [-0.4, -0.2) is 36.4 Å². The van der Waals surface area contributed by atoms with Crippen LogP contribution in [-0.2, 0) is 9.47 Å². The summed E-state index contributed by atoms with van der Waals surface area (Å²) in [6, 6.07) is 11.4. The number of hydrogen-bond acceptors (Lipinski definition) is 5. The van der Waals surface area contributed by atoms with E-state index in [1.807, 2.05) is 37.8 Å². The minimum Gasteiger partial charge on any atom is -0.444 e. The van der Waals surface area contributed by atoms with Crippen LogP contribution in [0.15, 0.2) is 60.5 Å². The second-order valence-electron chi connectivity index (χ2n) is 11.8. The van der Waals surface area contributed by atoms with Crippen molar-refractivity contribution in [3.05, 3.63) is 87.4 Å². The molecule has 0 spiro atoms. The van der Waals surface area contributed by atoms with Crippen molar-refractivity contribution in [2.75, 3.05) is 19.8 Å². The predicted octanol–water partition coefficient (Wildman–Crippen LogP) is 5.59. The smallest absolute Gasteiger partial charge is 0.410 e. The summed E-state index contributed by atoms with van der Waals surface area (Å²) in [5, 5.41) is 11.5. The number of nitrogens with one attached hydrogen (secondary N) is 2. The van der Waals surface area contributed by atoms with Crippen molar-refractivity contribution < 1.29 is 23.0 Å². The first-order valence-corrected chi connectivity index (χ1v) is 14.2. The number of allylic oxidation sites excluding steroid dienone is 2. The number of amides is 1. The van der Waals surface area contributed by atoms with Gasteiger partial charge in [-0.25, -0.2) is 9.18 Å². The normalized spacial score (nSPS) is 21.2. The Labute approximate surface area is 239 Å². The van der Waals surface area contributed by atoms with Gasteiger partial charge in [-0.2, -0.15) is 4.39 Å². The van der Waals surface area contributed by atoms with Crippen molar-refractivity contribution in [3.63, 3.8) is 0 Å². The minimum atomic E-state index is -1.09. The summed E-state index contributed by atoms with van der Waals surface area (Å²) in [6.07, 6.45) is 5.90. The van der Waals surface area contributed by atoms with Crippen molar-refractivity contribution >= 4 is 18.2 Å². The average Bonchev–Trinajstić information content (AvgIpc) is 3.39. The highest BCUT2D eigenvalue weighted by Gasteiger charge is 2.35. The van der Waals surface area contributed by atoms with Crippen LogP contribution in [0, 0.1) is 5.41 Å². The zero-order chi connectivity index (χ0) is 29.3. The Bertz CT molecular complexity index is 1590. The summed E-state index contributed by atoms with van der Waals surface area (Å²) in [6.45, 7) is 11.6. The van der Waals surface area contributed by atoms with Gasteiger partial charge in [0.25, 0.3) is 0 Å². The summed E-state index contributed by atoms with van der Waals surface area (Å²) in [7, 11) is 0. The summed E-state index contributed by atoms with van der Waals surface area (Å²) < 4.78 is 40.4. The van der Waals surface area contributed by atoms with E-state index in [-0.39, 0.29) is 28.3 Å². The molecule has 1 amide bonds. The Morgan fingerprint density at radius 2 is 1.78 bits per heavy atom. The molecule has 2 aromatic rings. The van der Waals surface area contributed by atoms with Crippen LogP contribution in [0.1, 0.15) is 69.5 Å². The Hall–Kier alpha value is -3.78. The van der Waals surface area contributed by atoms with Crippen LogP contribution in [0.5, 0.6) is 0 Å². The van der Waals surface area contributed by atoms with Crippen LogP contribution in [0.25, 0.3) is 23.3 Å². The molecule has 1 atom stereocenters. The fourth-order valence-corrected chi connectivity index (χ4v) is 5.83. The van der Waals surface area contributed by atoms with Gasteiger partial charge in [0, 0.05) is 36.8 Å². The van der Waals surface area contributed by atoms with E-state index in [4.69, 9.17) is 14.9 Å². The SMILES string of the molecule is C=c1ccc(-c2ccc(C3CCOCC3)c([C@@H]3CCCN3C(=O)OC(C)(C)C)c2)cc(=C2C=CNC(F)=C2F)c1=N. The van der Waals surface area contributed by atoms with Gasteiger partial charge < -0.3 is 19.7 Å². The second-order valence-corrected chi connectivity index (χ2v) is 11.8. The van der Waals surface area contributed by atoms with Gasteiger partial charge >= 0.3 is 6.09 Å². The number of carbonyl (C=O) groups is 1. The summed E-state index contributed by atoms with van der Waals surface area (Å²) in [5.74, 6) is -1.83. The standard InChI is InChI=1S/C33H37F2N3O3/c1-20-7-8-22(19-27(30(20)36)25-11-14-37-31(35)29(25)34)23-9-10-24(21-12-16-40-17-13-21)26(18-23)28-6-5-15-38(28)32(39)41-33(2,3)4/h7-11,14,18-19,21,28,36-37H,1,5-6,12-13,15-17H2,2-4H3/t28-/m0/s1. The fraction of sp³-hybridized carbons (Fsp3) is 0.394. The third-order valence-corrected chi connectivity index (χ3v) is 7.85. The number of dihydropyridines is 1. The monoisotopic (exact) mass is 561 g/mol. The molecule has 3 heterocycles. The molecule has 2 N–H and O–H groups in total. The molecule has 0 bridgehead atoms. The van der Waals surface area contributed by atoms with Crippen LogP contribution >= 0.6 is 0 Å². The molecule has 0 aromatic heterocycles. The highest BCUT2D eigenvalue weighted by Crippen LogP contribution is 2.41. The minimum absolute atomic E-state index is 0.0143. The van der Waals surface area contributed by atoms with E-state index in [0.29, 0.717) is 30.9 Å². The van der Waals surface area contributed by atoms with Gasteiger partial charge in [0.2, 0.25) is 5.95 Å². The molecule has 2 aromatic carbocycles. The lowest BCUT2D eigenvalue weighted by atomic mass is 9.84. The zero-order valence-corrected chi connectivity index (χ0v) is 23.9. The van der Waals surface area contributed by atoms with E-state index in [1.54, 1.807) is 12.1 Å². The van der Waals surface area contributed by atoms with Crippen LogP contribution in [0.4, 0.5) is 13.6 Å². The molecule has 41 heavy (non-hydrogen) atoms. The predicted molar refractivity (Wildman–Crippen MR) is 155 cm³/mol. The summed E-state index contributed by atoms with van der Waals surface area (Å²) in [4.78, 5) is 15.1. The molecular weight excluding hydrogens is 524 g/mol. The Morgan fingerprint density at radius 1 is 1.07 bits per heavy atom. The molecular formula is C33H37F2N3O3. The Balaban J connectivity index is 1.67. The largest absolute Gasteiger partial charge is 0.444 e. The molecule has 0 aliphatic carbocycles. The highest BCUT2D eigenvalue weighted by molar-refractivity contribution is 5.74. The van der Waals surface area contributed by atoms with E-state index >= 15 is 0 Å². The van der Waals surface area contributed by atoms with Gasteiger partial charge in [0.05, 0.1) is 11.4 Å². The molecule has 3 aliphatic rings. The molecule has 216 valence electrons. The molecule has 2 fully saturated rings. The van der Waals surface area contributed by atoms with E-state index in [2.05, 4.69) is 24.0 Å². The van der Waals surface area contributed by atoms with Crippen LogP contribution < -0.4 is 21.1 Å². The van der Waals surface area contributed by atoms with Crippen LogP contribution in [0.3, 0.4) is 0 Å². The maximum absolute atomic E-state index is 14.8. The van der Waals surface area contributed by atoms with Gasteiger partial charge in [-0.1, -0.05) is 30.8 Å². The van der Waals surface area contributed by atoms with Crippen molar-refractivity contribution in [2.45, 2.75) is 64.0 Å². The van der Waals surface area contributed by atoms with E-state index < -0.39 is 17.4 Å². The van der Waals surface area contributed by atoms with Gasteiger partial charge in [-0.05, 0) is 98.1 Å². The number of hydrogen-bond donors (Lipinski definition) is 2. The Kier molecular flexibility index (Phi) is 8.13. The lowest BCUT2D eigenvalue weighted by Crippen LogP contribution is -2.37. The molecule has 8 heteroatoms. The molecule has 0 saturated carbocycles. The van der Waals surface area contributed by atoms with E-state index in [9.17, 15) is 13.6 Å². The fourth-order valence-electron chi connectivity index (χ4n) is 5.83. The first kappa shape index (κ1) is 28.7. The zero-order valence-electron chi connectivity index (χ0n) is 23.9. The Morgan fingerprint density at radius 3 is 2.51 bits per heavy atom. The van der Waals surface area contributed by atoms with Crippen molar-refractivity contribution in [3.8, 4) is 11.1 Å². The average molecular weight is 562 g/mol. The number of ether oxygens (including phenoxy) is 2. The lowest BCUT2D eigenvalue weighted by molar-refractivity contribution is 0.0222. The second kappa shape index (κ2) is 11.6. The number of nitrogens with zero attached hydrogens (tertiary/aromatic N) is 1. The molecule has 0 unspecified atom stereocenters. The maximum Gasteiger partial charge on any atom is 0.410 e. The number of halogens is 2. The first-order chi connectivity index (χ1) is 19.5. The highest BCUT2D eigenvalue weighted by atomic mass is 19.2. The lowest BCUT2D eigenvalue weighted by Gasteiger charge is -2.32. The van der Waals surface area contributed by atoms with Crippen molar-refractivity contribution in [1.82, 2.24) is 10.2 Å². The quantitative estimate of drug-likeness (QED) is 0.480. The molecule has 2 saturated heterocycles. The molecule has 3 aliphatic heterocycles. The third-order valence-electron chi connectivity index (χ3n) is 7.85. The number of likely N-dealkylation sites (tertiary alicyclic amines) is 1. The molecule has 6 nitrogen and oxygen atoms in total. The van der Waals surface area contributed by atoms with Crippen molar-refractivity contribution in [2.24, 2.45) is 0 Å². The summed E-state index contributed by atoms with van der Waals surface area (Å²) >= 11 is 0. The van der Waals surface area contributed by atoms with Crippen LogP contribution in [0.2, 0.25) is 0 Å². The number of rotatable bonds is 3. The maximum atomic E-state index is 14.8. The van der Waals surface area contributed by atoms with Gasteiger partial charge in [-0.3, -0.25) is 5.41 Å². The van der Waals surface area contributed by atoms with Crippen molar-refractivity contribution in [1.29, 1.82) is 5.41 Å². The molecule has 0 radical (unpaired) electrons. The third kappa shape index (κ3) is 6.12. The van der Waals surface area contributed by atoms with Gasteiger partial charge in [0.1, 0.15) is 5.60 Å². The van der Waals surface area contributed by atoms with E-state index in [1.165, 1.54) is 17.8 Å². The topological polar surface area (TPSA) is 74.7 Å². The number of carbonyl (C=O) groups excluding carboxylic acids is 1. The molecule has 5 rings (SSSR count). The summed E-state index contributed by atoms with van der Waals surface area (Å²) in [5.41, 5.74) is 3.24. The van der Waals surface area contributed by atoms with E-state index in [0.717, 1.165) is 42.4 Å². The van der Waals surface area contributed by atoms with Gasteiger partial charge in [-0.15, -0.1) is 0 Å². The van der Waals surface area contributed by atoms with Gasteiger partial charge in [0.15, 0.2) is 5.83 Å². The first-order valence-electron chi connectivity index (χ1n) is 14.2.